The van der Waals surface area contributed by atoms with Crippen LogP contribution < -0.4 is 10.6 Å². The highest BCUT2D eigenvalue weighted by Crippen LogP contribution is 2.25. The van der Waals surface area contributed by atoms with E-state index in [4.69, 9.17) is 0 Å². The second kappa shape index (κ2) is 9.05. The van der Waals surface area contributed by atoms with Gasteiger partial charge >= 0.3 is 6.03 Å². The molecule has 28 heavy (non-hydrogen) atoms. The fraction of sp³-hybridized carbons (Fsp3) is 0.550. The molecule has 4 amide bonds. The first-order valence-electron chi connectivity index (χ1n) is 9.77. The van der Waals surface area contributed by atoms with Crippen molar-refractivity contribution in [2.24, 2.45) is 5.92 Å². The minimum Gasteiger partial charge on any atom is -0.391 e. The van der Waals surface area contributed by atoms with Crippen LogP contribution in [0.15, 0.2) is 30.3 Å². The van der Waals surface area contributed by atoms with Crippen molar-refractivity contribution in [3.05, 3.63) is 35.9 Å². The number of rotatable bonds is 6. The minimum atomic E-state index is -0.658. The molecular formula is C20H28N4O4. The summed E-state index contributed by atoms with van der Waals surface area (Å²) in [6.07, 6.45) is 0.787. The summed E-state index contributed by atoms with van der Waals surface area (Å²) in [6.45, 7) is 2.27. The molecule has 0 spiro atoms. The number of aliphatic hydroxyl groups is 1. The normalized spacial score (nSPS) is 24.9. The fourth-order valence-electron chi connectivity index (χ4n) is 3.76. The summed E-state index contributed by atoms with van der Waals surface area (Å²) >= 11 is 0. The molecule has 1 saturated heterocycles. The maximum absolute atomic E-state index is 12.5. The van der Waals surface area contributed by atoms with Crippen LogP contribution in [0, 0.1) is 5.92 Å². The molecule has 1 aromatic carbocycles. The van der Waals surface area contributed by atoms with Crippen LogP contribution in [0.1, 0.15) is 29.6 Å². The molecule has 1 aliphatic carbocycles. The molecule has 0 bridgehead atoms. The van der Waals surface area contributed by atoms with Crippen LogP contribution in [0.25, 0.3) is 0 Å². The number of amides is 4. The highest BCUT2D eigenvalue weighted by atomic mass is 16.3. The third-order valence-corrected chi connectivity index (χ3v) is 5.52. The number of likely N-dealkylation sites (N-methyl/N-ethyl adjacent to an activating group) is 1. The van der Waals surface area contributed by atoms with Crippen molar-refractivity contribution in [2.75, 3.05) is 33.2 Å². The number of nitrogens with one attached hydrogen (secondary N) is 2. The average Bonchev–Trinajstić information content (AvgIpc) is 3.02. The lowest BCUT2D eigenvalue weighted by atomic mass is 9.83. The van der Waals surface area contributed by atoms with E-state index < -0.39 is 12.1 Å². The molecule has 0 aromatic heterocycles. The number of urea groups is 1. The van der Waals surface area contributed by atoms with Crippen molar-refractivity contribution in [2.45, 2.75) is 31.4 Å². The lowest BCUT2D eigenvalue weighted by molar-refractivity contribution is -0.127. The zero-order chi connectivity index (χ0) is 20.1. The number of carbonyl (C=O) groups is 3. The van der Waals surface area contributed by atoms with Gasteiger partial charge in [-0.15, -0.1) is 0 Å². The Morgan fingerprint density at radius 2 is 1.93 bits per heavy atom. The Morgan fingerprint density at radius 1 is 1.18 bits per heavy atom. The molecule has 3 atom stereocenters. The third kappa shape index (κ3) is 4.81. The number of hydrogen-bond acceptors (Lipinski definition) is 4. The quantitative estimate of drug-likeness (QED) is 0.658. The first-order valence-corrected chi connectivity index (χ1v) is 9.77. The maximum atomic E-state index is 12.5. The molecule has 1 heterocycles. The van der Waals surface area contributed by atoms with E-state index in [2.05, 4.69) is 10.6 Å². The van der Waals surface area contributed by atoms with Crippen molar-refractivity contribution in [1.82, 2.24) is 20.4 Å². The van der Waals surface area contributed by atoms with E-state index in [9.17, 15) is 19.5 Å². The molecular weight excluding hydrogens is 360 g/mol. The zero-order valence-corrected chi connectivity index (χ0v) is 16.1. The van der Waals surface area contributed by atoms with Gasteiger partial charge in [0.25, 0.3) is 5.91 Å². The lowest BCUT2D eigenvalue weighted by Gasteiger charge is -2.33. The van der Waals surface area contributed by atoms with Crippen LogP contribution in [0.4, 0.5) is 4.79 Å². The molecule has 2 fully saturated rings. The van der Waals surface area contributed by atoms with Crippen molar-refractivity contribution >= 4 is 17.8 Å². The molecule has 8 nitrogen and oxygen atoms in total. The Balaban J connectivity index is 1.47. The molecule has 0 unspecified atom stereocenters. The van der Waals surface area contributed by atoms with Crippen LogP contribution >= 0.6 is 0 Å². The van der Waals surface area contributed by atoms with E-state index in [1.807, 2.05) is 6.07 Å². The van der Waals surface area contributed by atoms with Crippen molar-refractivity contribution in [3.63, 3.8) is 0 Å². The maximum Gasteiger partial charge on any atom is 0.319 e. The van der Waals surface area contributed by atoms with Gasteiger partial charge in [-0.1, -0.05) is 18.2 Å². The molecule has 1 aromatic rings. The summed E-state index contributed by atoms with van der Waals surface area (Å²) in [5.41, 5.74) is 0.529. The van der Waals surface area contributed by atoms with Gasteiger partial charge in [-0.2, -0.15) is 0 Å². The molecule has 3 N–H and O–H groups in total. The van der Waals surface area contributed by atoms with Gasteiger partial charge in [0.05, 0.1) is 12.1 Å². The molecule has 0 radical (unpaired) electrons. The second-order valence-electron chi connectivity index (χ2n) is 7.51. The lowest BCUT2D eigenvalue weighted by Crippen LogP contribution is -2.50. The van der Waals surface area contributed by atoms with Crippen molar-refractivity contribution < 1.29 is 19.5 Å². The predicted molar refractivity (Wildman–Crippen MR) is 104 cm³/mol. The van der Waals surface area contributed by atoms with E-state index in [1.165, 1.54) is 0 Å². The Morgan fingerprint density at radius 3 is 2.61 bits per heavy atom. The largest absolute Gasteiger partial charge is 0.391 e. The average molecular weight is 388 g/mol. The number of carbonyl (C=O) groups excluding carboxylic acids is 3. The summed E-state index contributed by atoms with van der Waals surface area (Å²) in [5.74, 6) is -0.602. The van der Waals surface area contributed by atoms with Crippen LogP contribution in [0.5, 0.6) is 0 Å². The summed E-state index contributed by atoms with van der Waals surface area (Å²) in [5, 5.41) is 16.0. The zero-order valence-electron chi connectivity index (χ0n) is 16.1. The van der Waals surface area contributed by atoms with E-state index in [0.29, 0.717) is 51.0 Å². The summed E-state index contributed by atoms with van der Waals surface area (Å²) in [7, 11) is 1.76. The number of benzene rings is 1. The predicted octanol–water partition coefficient (Wildman–Crippen LogP) is 0.430. The summed E-state index contributed by atoms with van der Waals surface area (Å²) in [6, 6.07) is 8.36. The highest BCUT2D eigenvalue weighted by Gasteiger charge is 2.34. The number of aliphatic hydroxyl groups excluding tert-OH is 1. The minimum absolute atomic E-state index is 0.0151. The number of nitrogens with zero attached hydrogens (tertiary/aromatic N) is 2. The van der Waals surface area contributed by atoms with Crippen LogP contribution in [-0.4, -0.2) is 78.1 Å². The van der Waals surface area contributed by atoms with Gasteiger partial charge in [-0.3, -0.25) is 9.59 Å². The molecule has 3 rings (SSSR count). The third-order valence-electron chi connectivity index (χ3n) is 5.52. The van der Waals surface area contributed by atoms with Gasteiger partial charge < -0.3 is 25.5 Å². The first-order chi connectivity index (χ1) is 13.5. The molecule has 8 heteroatoms. The van der Waals surface area contributed by atoms with Gasteiger partial charge in [-0.05, 0) is 31.4 Å². The van der Waals surface area contributed by atoms with Gasteiger partial charge in [0.15, 0.2) is 0 Å². The van der Waals surface area contributed by atoms with Gasteiger partial charge in [0, 0.05) is 44.7 Å². The molecule has 152 valence electrons. The van der Waals surface area contributed by atoms with Crippen LogP contribution in [0.3, 0.4) is 0 Å². The van der Waals surface area contributed by atoms with Gasteiger partial charge in [0.1, 0.15) is 0 Å². The molecule has 1 saturated carbocycles. The molecule has 2 aliphatic rings. The van der Waals surface area contributed by atoms with Gasteiger partial charge in [0.2, 0.25) is 5.91 Å². The van der Waals surface area contributed by atoms with E-state index in [0.717, 1.165) is 0 Å². The SMILES string of the molecule is CN1CCN(CCNC(=O)[C@H]2CC[C@@H](O)[C@H](NC(=O)c3ccccc3)C2)C1=O. The van der Waals surface area contributed by atoms with Crippen LogP contribution in [-0.2, 0) is 4.79 Å². The highest BCUT2D eigenvalue weighted by molar-refractivity contribution is 5.94. The first kappa shape index (κ1) is 20.1. The Kier molecular flexibility index (Phi) is 6.51. The van der Waals surface area contributed by atoms with Crippen LogP contribution in [0.2, 0.25) is 0 Å². The topological polar surface area (TPSA) is 102 Å². The van der Waals surface area contributed by atoms with E-state index in [1.54, 1.807) is 41.1 Å². The van der Waals surface area contributed by atoms with E-state index in [-0.39, 0.29) is 23.8 Å². The summed E-state index contributed by atoms with van der Waals surface area (Å²) < 4.78 is 0. The fourth-order valence-corrected chi connectivity index (χ4v) is 3.76. The monoisotopic (exact) mass is 388 g/mol. The smallest absolute Gasteiger partial charge is 0.319 e. The van der Waals surface area contributed by atoms with Crippen molar-refractivity contribution in [3.8, 4) is 0 Å². The van der Waals surface area contributed by atoms with E-state index >= 15 is 0 Å². The van der Waals surface area contributed by atoms with Crippen molar-refractivity contribution in [1.29, 1.82) is 0 Å². The standard InChI is InChI=1S/C20H28N4O4/c1-23-11-12-24(20(23)28)10-9-21-18(26)15-7-8-17(25)16(13-15)22-19(27)14-5-3-2-4-6-14/h2-6,15-17,25H,7-13H2,1H3,(H,21,26)(H,22,27)/t15-,16+,17+/m0/s1. The summed E-state index contributed by atoms with van der Waals surface area (Å²) in [4.78, 5) is 40.1. The number of hydrogen-bond donors (Lipinski definition) is 3. The Hall–Kier alpha value is -2.61. The molecule has 1 aliphatic heterocycles. The van der Waals surface area contributed by atoms with Gasteiger partial charge in [-0.25, -0.2) is 4.79 Å². The Labute approximate surface area is 164 Å². The Bertz CT molecular complexity index is 711. The second-order valence-corrected chi connectivity index (χ2v) is 7.51.